The maximum absolute atomic E-state index is 12.0. The highest BCUT2D eigenvalue weighted by atomic mass is 16.2. The highest BCUT2D eigenvalue weighted by molar-refractivity contribution is 5.91. The molecule has 0 saturated carbocycles. The number of rotatable bonds is 6. The molecular weight excluding hydrogens is 306 g/mol. The number of carbonyl (C=O) groups excluding carboxylic acids is 1. The molecular formula is C18H21N3O3. The van der Waals surface area contributed by atoms with Gasteiger partial charge in [-0.3, -0.25) is 14.4 Å². The molecule has 0 unspecified atom stereocenters. The SMILES string of the molecule is Cc1ccccc1NC(=O)CCNc1c(N2CCCC2)c(=O)c1=O. The molecule has 6 heteroatoms. The highest BCUT2D eigenvalue weighted by Crippen LogP contribution is 2.24. The van der Waals surface area contributed by atoms with Crippen molar-refractivity contribution in [3.8, 4) is 0 Å². The molecule has 1 aliphatic rings. The lowest BCUT2D eigenvalue weighted by Crippen LogP contribution is -2.42. The molecule has 126 valence electrons. The second kappa shape index (κ2) is 6.86. The largest absolute Gasteiger partial charge is 0.379 e. The molecule has 24 heavy (non-hydrogen) atoms. The number of aryl methyl sites for hydroxylation is 1. The number of amides is 1. The van der Waals surface area contributed by atoms with Gasteiger partial charge in [0.15, 0.2) is 0 Å². The number of hydrogen-bond acceptors (Lipinski definition) is 5. The van der Waals surface area contributed by atoms with Gasteiger partial charge in [0.1, 0.15) is 11.4 Å². The molecule has 1 saturated heterocycles. The minimum Gasteiger partial charge on any atom is -0.379 e. The van der Waals surface area contributed by atoms with E-state index in [2.05, 4.69) is 10.6 Å². The number of carbonyl (C=O) groups is 1. The smallest absolute Gasteiger partial charge is 0.253 e. The van der Waals surface area contributed by atoms with Gasteiger partial charge in [0.25, 0.3) is 10.9 Å². The first-order valence-electron chi connectivity index (χ1n) is 8.25. The van der Waals surface area contributed by atoms with Crippen LogP contribution in [0, 0.1) is 6.92 Å². The summed E-state index contributed by atoms with van der Waals surface area (Å²) in [7, 11) is 0. The first-order chi connectivity index (χ1) is 11.6. The summed E-state index contributed by atoms with van der Waals surface area (Å²) in [5.74, 6) is -0.127. The van der Waals surface area contributed by atoms with Crippen LogP contribution < -0.4 is 26.4 Å². The van der Waals surface area contributed by atoms with Gasteiger partial charge in [-0.15, -0.1) is 0 Å². The van der Waals surface area contributed by atoms with Crippen molar-refractivity contribution >= 4 is 23.0 Å². The van der Waals surface area contributed by atoms with Crippen molar-refractivity contribution < 1.29 is 4.79 Å². The lowest BCUT2D eigenvalue weighted by molar-refractivity contribution is -0.115. The molecule has 2 aromatic rings. The molecule has 0 spiro atoms. The van der Waals surface area contributed by atoms with Crippen LogP contribution in [0.25, 0.3) is 0 Å². The van der Waals surface area contributed by atoms with Crippen molar-refractivity contribution in [2.75, 3.05) is 35.2 Å². The van der Waals surface area contributed by atoms with Crippen molar-refractivity contribution in [3.05, 3.63) is 50.3 Å². The molecule has 3 rings (SSSR count). The summed E-state index contributed by atoms with van der Waals surface area (Å²) in [5, 5.41) is 5.81. The summed E-state index contributed by atoms with van der Waals surface area (Å²) in [4.78, 5) is 37.5. The summed E-state index contributed by atoms with van der Waals surface area (Å²) in [6.07, 6.45) is 2.31. The summed E-state index contributed by atoms with van der Waals surface area (Å²) in [6.45, 7) is 3.88. The van der Waals surface area contributed by atoms with Gasteiger partial charge in [0, 0.05) is 31.7 Å². The van der Waals surface area contributed by atoms with E-state index in [1.807, 2.05) is 36.1 Å². The zero-order valence-corrected chi connectivity index (χ0v) is 13.7. The standard InChI is InChI=1S/C18H21N3O3/c1-12-6-2-3-7-13(12)20-14(22)8-9-19-15-16(18(24)17(15)23)21-10-4-5-11-21/h2-3,6-7,19H,4-5,8-11H2,1H3,(H,20,22). The zero-order valence-electron chi connectivity index (χ0n) is 13.7. The highest BCUT2D eigenvalue weighted by Gasteiger charge is 2.27. The van der Waals surface area contributed by atoms with Crippen LogP contribution in [0.5, 0.6) is 0 Å². The first kappa shape index (κ1) is 16.2. The van der Waals surface area contributed by atoms with Crippen LogP contribution in [-0.4, -0.2) is 25.5 Å². The van der Waals surface area contributed by atoms with Gasteiger partial charge < -0.3 is 15.5 Å². The maximum atomic E-state index is 12.0. The molecule has 0 radical (unpaired) electrons. The van der Waals surface area contributed by atoms with Crippen molar-refractivity contribution in [3.63, 3.8) is 0 Å². The molecule has 0 atom stereocenters. The monoisotopic (exact) mass is 327 g/mol. The lowest BCUT2D eigenvalue weighted by atomic mass is 10.1. The number of nitrogens with one attached hydrogen (secondary N) is 2. The average molecular weight is 327 g/mol. The number of anilines is 3. The fourth-order valence-corrected chi connectivity index (χ4v) is 3.01. The van der Waals surface area contributed by atoms with Crippen LogP contribution in [0.15, 0.2) is 33.9 Å². The first-order valence-corrected chi connectivity index (χ1v) is 8.25. The average Bonchev–Trinajstić information content (AvgIpc) is 3.09. The van der Waals surface area contributed by atoms with Gasteiger partial charge in [-0.2, -0.15) is 0 Å². The Kier molecular flexibility index (Phi) is 4.64. The molecule has 6 nitrogen and oxygen atoms in total. The van der Waals surface area contributed by atoms with Gasteiger partial charge in [-0.1, -0.05) is 18.2 Å². The van der Waals surface area contributed by atoms with Gasteiger partial charge in [-0.05, 0) is 31.4 Å². The molecule has 1 amide bonds. The van der Waals surface area contributed by atoms with E-state index in [9.17, 15) is 14.4 Å². The van der Waals surface area contributed by atoms with E-state index in [4.69, 9.17) is 0 Å². The molecule has 1 fully saturated rings. The van der Waals surface area contributed by atoms with Crippen molar-refractivity contribution in [2.45, 2.75) is 26.2 Å². The number of para-hydroxylation sites is 1. The van der Waals surface area contributed by atoms with Gasteiger partial charge in [0.05, 0.1) is 0 Å². The third kappa shape index (κ3) is 3.18. The molecule has 2 N–H and O–H groups in total. The Labute approximate surface area is 140 Å². The summed E-state index contributed by atoms with van der Waals surface area (Å²) in [5.41, 5.74) is 1.76. The Balaban J connectivity index is 1.55. The van der Waals surface area contributed by atoms with E-state index in [1.54, 1.807) is 0 Å². The Hall–Kier alpha value is -2.63. The molecule has 1 heterocycles. The minimum absolute atomic E-state index is 0.127. The van der Waals surface area contributed by atoms with Gasteiger partial charge >= 0.3 is 0 Å². The van der Waals surface area contributed by atoms with Crippen molar-refractivity contribution in [1.29, 1.82) is 0 Å². The van der Waals surface area contributed by atoms with Crippen LogP contribution in [0.2, 0.25) is 0 Å². The van der Waals surface area contributed by atoms with Crippen molar-refractivity contribution in [1.82, 2.24) is 0 Å². The van der Waals surface area contributed by atoms with Gasteiger partial charge in [0.2, 0.25) is 5.91 Å². The second-order valence-electron chi connectivity index (χ2n) is 6.12. The molecule has 1 aliphatic heterocycles. The van der Waals surface area contributed by atoms with Crippen LogP contribution in [0.4, 0.5) is 17.1 Å². The number of benzene rings is 1. The Morgan fingerprint density at radius 3 is 2.54 bits per heavy atom. The molecule has 2 aromatic carbocycles. The second-order valence-corrected chi connectivity index (χ2v) is 6.12. The topological polar surface area (TPSA) is 78.5 Å². The molecule has 0 aromatic heterocycles. The third-order valence-electron chi connectivity index (χ3n) is 4.38. The van der Waals surface area contributed by atoms with Crippen LogP contribution in [-0.2, 0) is 4.79 Å². The van der Waals surface area contributed by atoms with E-state index in [1.165, 1.54) is 0 Å². The predicted molar refractivity (Wildman–Crippen MR) is 95.7 cm³/mol. The fraction of sp³-hybridized carbons (Fsp3) is 0.389. The predicted octanol–water partition coefficient (Wildman–Crippen LogP) is 1.63. The van der Waals surface area contributed by atoms with Crippen LogP contribution in [0.3, 0.4) is 0 Å². The van der Waals surface area contributed by atoms with Crippen LogP contribution in [0.1, 0.15) is 24.8 Å². The van der Waals surface area contributed by atoms with Crippen LogP contribution >= 0.6 is 0 Å². The van der Waals surface area contributed by atoms with E-state index >= 15 is 0 Å². The Bertz CT molecular complexity index is 815. The summed E-state index contributed by atoms with van der Waals surface area (Å²) >= 11 is 0. The van der Waals surface area contributed by atoms with E-state index in [-0.39, 0.29) is 12.3 Å². The van der Waals surface area contributed by atoms with Crippen molar-refractivity contribution in [2.24, 2.45) is 0 Å². The number of hydrogen-bond donors (Lipinski definition) is 2. The molecule has 0 aliphatic carbocycles. The van der Waals surface area contributed by atoms with Gasteiger partial charge in [-0.25, -0.2) is 0 Å². The quantitative estimate of drug-likeness (QED) is 0.789. The third-order valence-corrected chi connectivity index (χ3v) is 4.38. The zero-order chi connectivity index (χ0) is 17.1. The summed E-state index contributed by atoms with van der Waals surface area (Å²) < 4.78 is 0. The molecule has 0 bridgehead atoms. The van der Waals surface area contributed by atoms with E-state index in [0.29, 0.717) is 17.9 Å². The fourth-order valence-electron chi connectivity index (χ4n) is 3.01. The van der Waals surface area contributed by atoms with E-state index in [0.717, 1.165) is 37.2 Å². The normalized spacial score (nSPS) is 14.1. The Morgan fingerprint density at radius 2 is 1.83 bits per heavy atom. The van der Waals surface area contributed by atoms with E-state index < -0.39 is 10.9 Å². The number of nitrogens with zero attached hydrogens (tertiary/aromatic N) is 1. The Morgan fingerprint density at radius 1 is 1.12 bits per heavy atom. The maximum Gasteiger partial charge on any atom is 0.253 e. The minimum atomic E-state index is -0.476. The summed E-state index contributed by atoms with van der Waals surface area (Å²) in [6, 6.07) is 7.56. The lowest BCUT2D eigenvalue weighted by Gasteiger charge is -2.22.